The van der Waals surface area contributed by atoms with Gasteiger partial charge in [-0.2, -0.15) is 13.2 Å². The fourth-order valence-corrected chi connectivity index (χ4v) is 4.78. The molecule has 0 aliphatic heterocycles. The minimum absolute atomic E-state index is 0.195. The highest BCUT2D eigenvalue weighted by atomic mass is 79.9. The minimum atomic E-state index is -4.42. The van der Waals surface area contributed by atoms with Crippen LogP contribution in [0.1, 0.15) is 27.9 Å². The van der Waals surface area contributed by atoms with E-state index < -0.39 is 23.6 Å². The van der Waals surface area contributed by atoms with E-state index in [-0.39, 0.29) is 11.4 Å². The van der Waals surface area contributed by atoms with Gasteiger partial charge in [0.2, 0.25) is 0 Å². The first-order chi connectivity index (χ1) is 18.0. The Morgan fingerprint density at radius 1 is 1.08 bits per heavy atom. The number of halogens is 4. The summed E-state index contributed by atoms with van der Waals surface area (Å²) in [6.07, 6.45) is -0.527. The van der Waals surface area contributed by atoms with Crippen molar-refractivity contribution in [3.8, 4) is 0 Å². The summed E-state index contributed by atoms with van der Waals surface area (Å²) in [6.45, 7) is 3.75. The summed E-state index contributed by atoms with van der Waals surface area (Å²) in [5.74, 6) is -0.823. The Kier molecular flexibility index (Phi) is 7.94. The first-order valence-corrected chi connectivity index (χ1v) is 12.6. The van der Waals surface area contributed by atoms with Gasteiger partial charge in [0.25, 0.3) is 11.8 Å². The molecule has 0 saturated heterocycles. The molecule has 0 bridgehead atoms. The van der Waals surface area contributed by atoms with E-state index in [1.165, 1.54) is 12.1 Å². The fraction of sp³-hybridized carbons (Fsp3) is 0.111. The highest BCUT2D eigenvalue weighted by Crippen LogP contribution is 2.30. The van der Waals surface area contributed by atoms with Crippen LogP contribution in [-0.4, -0.2) is 30.9 Å². The summed E-state index contributed by atoms with van der Waals surface area (Å²) in [4.78, 5) is 33.1. The van der Waals surface area contributed by atoms with Crippen LogP contribution in [0.15, 0.2) is 86.3 Å². The van der Waals surface area contributed by atoms with E-state index in [4.69, 9.17) is 5.73 Å². The van der Waals surface area contributed by atoms with Crippen LogP contribution in [0.2, 0.25) is 0 Å². The van der Waals surface area contributed by atoms with E-state index >= 15 is 0 Å². The first-order valence-electron chi connectivity index (χ1n) is 11.2. The average Bonchev–Trinajstić information content (AvgIpc) is 2.83. The number of fused-ring (bicyclic) bond motifs is 1. The molecule has 1 aliphatic carbocycles. The fourth-order valence-electron chi connectivity index (χ4n) is 3.91. The molecular formula is C27H21BrF3N4O2P. The van der Waals surface area contributed by atoms with E-state index in [0.29, 0.717) is 35.1 Å². The maximum absolute atomic E-state index is 12.8. The summed E-state index contributed by atoms with van der Waals surface area (Å²) < 4.78 is 39.2. The van der Waals surface area contributed by atoms with Crippen molar-refractivity contribution < 1.29 is 22.8 Å². The summed E-state index contributed by atoms with van der Waals surface area (Å²) >= 11 is 3.41. The van der Waals surface area contributed by atoms with Crippen LogP contribution in [0.3, 0.4) is 0 Å². The molecule has 6 nitrogen and oxygen atoms in total. The summed E-state index contributed by atoms with van der Waals surface area (Å²) in [7, 11) is 2.56. The summed E-state index contributed by atoms with van der Waals surface area (Å²) in [6, 6.07) is 11.8. The van der Waals surface area contributed by atoms with Gasteiger partial charge in [0.15, 0.2) is 5.84 Å². The lowest BCUT2D eigenvalue weighted by Crippen LogP contribution is -2.24. The van der Waals surface area contributed by atoms with Crippen LogP contribution in [0.4, 0.5) is 18.9 Å². The molecule has 194 valence electrons. The maximum atomic E-state index is 12.8. The van der Waals surface area contributed by atoms with Crippen LogP contribution in [0, 0.1) is 0 Å². The lowest BCUT2D eigenvalue weighted by molar-refractivity contribution is -0.137. The molecule has 0 spiro atoms. The number of amidine groups is 1. The number of rotatable bonds is 7. The van der Waals surface area contributed by atoms with Crippen molar-refractivity contribution in [3.63, 3.8) is 0 Å². The Hall–Kier alpha value is -3.62. The smallest absolute Gasteiger partial charge is 0.366 e. The maximum Gasteiger partial charge on any atom is 0.416 e. The molecule has 0 fully saturated rings. The van der Waals surface area contributed by atoms with Crippen molar-refractivity contribution in [3.05, 3.63) is 93.0 Å². The first kappa shape index (κ1) is 27.4. The molecule has 0 saturated carbocycles. The number of anilines is 1. The molecule has 1 atom stereocenters. The molecule has 1 unspecified atom stereocenters. The number of allylic oxidation sites excluding steroid dienone is 1. The van der Waals surface area contributed by atoms with Crippen LogP contribution >= 0.6 is 25.2 Å². The van der Waals surface area contributed by atoms with Crippen molar-refractivity contribution in [1.82, 2.24) is 0 Å². The summed E-state index contributed by atoms with van der Waals surface area (Å²) in [5, 5.41) is 5.08. The van der Waals surface area contributed by atoms with Gasteiger partial charge in [-0.1, -0.05) is 34.1 Å². The molecular weight excluding hydrogens is 580 g/mol. The van der Waals surface area contributed by atoms with Gasteiger partial charge in [0.05, 0.1) is 16.8 Å². The minimum Gasteiger partial charge on any atom is -0.366 e. The monoisotopic (exact) mass is 600 g/mol. The number of amides is 2. The van der Waals surface area contributed by atoms with Crippen molar-refractivity contribution in [2.24, 2.45) is 15.7 Å². The molecule has 0 aromatic heterocycles. The molecule has 4 rings (SSSR count). The second kappa shape index (κ2) is 11.0. The highest BCUT2D eigenvalue weighted by Gasteiger charge is 2.30. The quantitative estimate of drug-likeness (QED) is 0.211. The molecule has 0 radical (unpaired) electrons. The number of carbonyl (C=O) groups excluding carboxylic acids is 2. The third-order valence-corrected chi connectivity index (χ3v) is 6.97. The van der Waals surface area contributed by atoms with E-state index in [0.717, 1.165) is 33.0 Å². The number of nitrogens with one attached hydrogen (secondary N) is 1. The molecule has 0 heterocycles. The van der Waals surface area contributed by atoms with Crippen LogP contribution in [0.25, 0.3) is 10.8 Å². The average molecular weight is 601 g/mol. The van der Waals surface area contributed by atoms with Crippen molar-refractivity contribution in [2.45, 2.75) is 12.6 Å². The lowest BCUT2D eigenvalue weighted by atomic mass is 9.95. The zero-order valence-electron chi connectivity index (χ0n) is 19.8. The number of aliphatic imine (C=N–C) groups is 2. The Balaban J connectivity index is 1.41. The number of nitrogens with two attached hydrogens (primary N) is 1. The van der Waals surface area contributed by atoms with Gasteiger partial charge in [-0.15, -0.1) is 9.24 Å². The molecule has 3 aromatic rings. The topological polar surface area (TPSA) is 96.9 Å². The van der Waals surface area contributed by atoms with E-state index in [2.05, 4.69) is 47.2 Å². The largest absolute Gasteiger partial charge is 0.416 e. The van der Waals surface area contributed by atoms with Crippen molar-refractivity contribution in [1.29, 1.82) is 0 Å². The molecule has 3 N–H and O–H groups in total. The van der Waals surface area contributed by atoms with Crippen LogP contribution in [-0.2, 0) is 11.0 Å². The van der Waals surface area contributed by atoms with Crippen LogP contribution in [0.5, 0.6) is 0 Å². The number of hydrogen-bond donors (Lipinski definition) is 2. The van der Waals surface area contributed by atoms with Gasteiger partial charge < -0.3 is 11.1 Å². The number of carbonyl (C=O) groups is 2. The zero-order chi connectivity index (χ0) is 27.6. The van der Waals surface area contributed by atoms with Crippen LogP contribution < -0.4 is 16.4 Å². The SMILES string of the molecule is C=NC(=NCCC1=CC(C(=O)Nc2c(C(N)=O)cc3cc(Br)ccc3c2P)=C1)c1ccc(C(F)(F)F)cc1. The lowest BCUT2D eigenvalue weighted by Gasteiger charge is -2.18. The van der Waals surface area contributed by atoms with Gasteiger partial charge in [0.1, 0.15) is 0 Å². The number of nitrogens with zero attached hydrogens (tertiary/aromatic N) is 2. The van der Waals surface area contributed by atoms with E-state index in [1.807, 2.05) is 18.2 Å². The Morgan fingerprint density at radius 2 is 1.76 bits per heavy atom. The second-order valence-corrected chi connectivity index (χ2v) is 9.90. The van der Waals surface area contributed by atoms with E-state index in [9.17, 15) is 22.8 Å². The normalized spacial score (nSPS) is 13.4. The Labute approximate surface area is 226 Å². The Bertz CT molecular complexity index is 1560. The third kappa shape index (κ3) is 5.92. The zero-order valence-corrected chi connectivity index (χ0v) is 22.5. The van der Waals surface area contributed by atoms with Gasteiger partial charge in [0, 0.05) is 27.5 Å². The standard InChI is InChI=1S/C27H21BrF3N4O2P/c1-33-25(15-2-4-18(5-3-15)27(29,30)31)34-9-8-14-10-17(11-14)26(37)35-22-21(24(32)36)13-16-12-19(28)6-7-20(16)23(22)38/h2-7,10-13H,1,8-9,38H2,(H2,32,36)(H,35,37). The molecule has 2 amide bonds. The van der Waals surface area contributed by atoms with Gasteiger partial charge >= 0.3 is 6.18 Å². The predicted octanol–water partition coefficient (Wildman–Crippen LogP) is 5.56. The predicted molar refractivity (Wildman–Crippen MR) is 151 cm³/mol. The Morgan fingerprint density at radius 3 is 2.37 bits per heavy atom. The number of alkyl halides is 3. The number of hydrogen-bond acceptors (Lipinski definition) is 3. The van der Waals surface area contributed by atoms with Gasteiger partial charge in [-0.3, -0.25) is 14.6 Å². The van der Waals surface area contributed by atoms with E-state index in [1.54, 1.807) is 18.2 Å². The summed E-state index contributed by atoms with van der Waals surface area (Å²) in [5.41, 5.74) is 7.05. The number of primary amides is 1. The molecule has 1 aliphatic rings. The molecule has 11 heteroatoms. The molecule has 3 aromatic carbocycles. The number of benzene rings is 3. The van der Waals surface area contributed by atoms with Gasteiger partial charge in [-0.05, 0) is 72.0 Å². The highest BCUT2D eigenvalue weighted by molar-refractivity contribution is 9.10. The van der Waals surface area contributed by atoms with Crippen molar-refractivity contribution in [2.75, 3.05) is 11.9 Å². The van der Waals surface area contributed by atoms with Crippen molar-refractivity contribution >= 4 is 71.3 Å². The molecule has 38 heavy (non-hydrogen) atoms. The second-order valence-electron chi connectivity index (χ2n) is 8.40. The van der Waals surface area contributed by atoms with Gasteiger partial charge in [-0.25, -0.2) is 4.99 Å². The third-order valence-electron chi connectivity index (χ3n) is 5.87.